The molecule has 0 amide bonds. The van der Waals surface area contributed by atoms with Gasteiger partial charge in [-0.05, 0) is 30.7 Å². The Balaban J connectivity index is 2.32. The van der Waals surface area contributed by atoms with Gasteiger partial charge >= 0.3 is 12.1 Å². The van der Waals surface area contributed by atoms with Crippen molar-refractivity contribution in [3.63, 3.8) is 0 Å². The zero-order valence-electron chi connectivity index (χ0n) is 14.6. The topological polar surface area (TPSA) is 130 Å². The third-order valence-corrected chi connectivity index (χ3v) is 3.83. The summed E-state index contributed by atoms with van der Waals surface area (Å²) in [5, 5.41) is 25.0. The van der Waals surface area contributed by atoms with Gasteiger partial charge in [0.1, 0.15) is 19.0 Å². The Hall–Kier alpha value is -1.97. The Morgan fingerprint density at radius 3 is 2.66 bits per heavy atom. The number of rotatable bonds is 8. The van der Waals surface area contributed by atoms with E-state index in [0.717, 1.165) is 6.08 Å². The Bertz CT molecular complexity index is 775. The number of carbonyl (C=O) groups is 1. The third kappa shape index (κ3) is 6.25. The van der Waals surface area contributed by atoms with Crippen LogP contribution >= 0.6 is 11.6 Å². The van der Waals surface area contributed by atoms with E-state index in [4.69, 9.17) is 36.7 Å². The first-order valence-corrected chi connectivity index (χ1v) is 8.18. The van der Waals surface area contributed by atoms with E-state index in [-0.39, 0.29) is 16.3 Å². The number of alkyl halides is 3. The van der Waals surface area contributed by atoms with Gasteiger partial charge in [-0.15, -0.1) is 0 Å². The molecular formula is C15H16ClF3N2O8. The molecule has 0 bridgehead atoms. The second kappa shape index (κ2) is 9.69. The monoisotopic (exact) mass is 444 g/mol. The molecule has 1 aromatic carbocycles. The third-order valence-electron chi connectivity index (χ3n) is 3.61. The second-order valence-electron chi connectivity index (χ2n) is 5.76. The molecular weight excluding hydrogens is 429 g/mol. The zero-order valence-corrected chi connectivity index (χ0v) is 15.4. The molecule has 1 heterocycles. The molecule has 14 heteroatoms. The van der Waals surface area contributed by atoms with Crippen molar-refractivity contribution in [1.29, 1.82) is 0 Å². The number of carbonyl (C=O) groups excluding carboxylic acids is 1. The summed E-state index contributed by atoms with van der Waals surface area (Å²) in [5.41, 5.74) is 0.879. The van der Waals surface area contributed by atoms with Gasteiger partial charge in [0, 0.05) is 10.6 Å². The van der Waals surface area contributed by atoms with Gasteiger partial charge in [0.15, 0.2) is 6.10 Å². The minimum Gasteiger partial charge on any atom is -0.475 e. The van der Waals surface area contributed by atoms with Crippen LogP contribution in [0.15, 0.2) is 17.7 Å². The van der Waals surface area contributed by atoms with E-state index >= 15 is 0 Å². The quantitative estimate of drug-likeness (QED) is 0.349. The van der Waals surface area contributed by atoms with E-state index < -0.39 is 48.5 Å². The maximum absolute atomic E-state index is 13.5. The molecule has 0 saturated heterocycles. The first-order chi connectivity index (χ1) is 13.5. The van der Waals surface area contributed by atoms with Crippen LogP contribution in [-0.4, -0.2) is 58.6 Å². The van der Waals surface area contributed by atoms with Crippen LogP contribution < -0.4 is 10.4 Å². The number of nitrogens with one attached hydrogen (secondary N) is 1. The summed E-state index contributed by atoms with van der Waals surface area (Å²) in [6.45, 7) is 0.159. The molecule has 0 fully saturated rings. The lowest BCUT2D eigenvalue weighted by molar-refractivity contribution is -0.495. The number of ether oxygens (including phenoxy) is 2. The molecule has 2 rings (SSSR count). The SMILES string of the molecule is Cc1cc(Cl)cc2c1O[C@H](C(F)(F)F)C(C(=O)OC(CONO)CON(O)O)=C2. The molecule has 29 heavy (non-hydrogen) atoms. The molecule has 10 nitrogen and oxygen atoms in total. The lowest BCUT2D eigenvalue weighted by Gasteiger charge is -2.29. The van der Waals surface area contributed by atoms with Gasteiger partial charge < -0.3 is 9.47 Å². The normalized spacial score (nSPS) is 17.4. The summed E-state index contributed by atoms with van der Waals surface area (Å²) in [6, 6.07) is 2.73. The summed E-state index contributed by atoms with van der Waals surface area (Å²) in [6.07, 6.45) is -8.07. The molecule has 0 aliphatic carbocycles. The summed E-state index contributed by atoms with van der Waals surface area (Å²) in [7, 11) is 0. The maximum atomic E-state index is 13.5. The van der Waals surface area contributed by atoms with E-state index in [1.165, 1.54) is 24.7 Å². The number of halogens is 4. The summed E-state index contributed by atoms with van der Waals surface area (Å²) in [5.74, 6) is -1.52. The van der Waals surface area contributed by atoms with E-state index in [9.17, 15) is 18.0 Å². The summed E-state index contributed by atoms with van der Waals surface area (Å²) < 4.78 is 50.4. The molecule has 2 atom stereocenters. The fraction of sp³-hybridized carbons (Fsp3) is 0.400. The van der Waals surface area contributed by atoms with Gasteiger partial charge in [-0.25, -0.2) is 9.63 Å². The van der Waals surface area contributed by atoms with Gasteiger partial charge in [-0.1, -0.05) is 17.2 Å². The zero-order chi connectivity index (χ0) is 21.8. The van der Waals surface area contributed by atoms with Crippen molar-refractivity contribution < 1.29 is 52.7 Å². The predicted octanol–water partition coefficient (Wildman–Crippen LogP) is 2.19. The maximum Gasteiger partial charge on any atom is 0.430 e. The Morgan fingerprint density at radius 1 is 1.38 bits per heavy atom. The molecule has 0 radical (unpaired) electrons. The number of nitrogens with zero attached hydrogens (tertiary/aromatic N) is 1. The van der Waals surface area contributed by atoms with Crippen LogP contribution in [0.1, 0.15) is 11.1 Å². The van der Waals surface area contributed by atoms with Crippen molar-refractivity contribution in [3.05, 3.63) is 33.9 Å². The first kappa shape index (κ1) is 23.3. The Labute approximate surface area is 166 Å². The summed E-state index contributed by atoms with van der Waals surface area (Å²) in [4.78, 5) is 21.0. The van der Waals surface area contributed by atoms with Gasteiger partial charge in [0.25, 0.3) is 0 Å². The second-order valence-corrected chi connectivity index (χ2v) is 6.19. The molecule has 1 unspecified atom stereocenters. The highest BCUT2D eigenvalue weighted by atomic mass is 35.5. The van der Waals surface area contributed by atoms with Crippen LogP contribution in [0.2, 0.25) is 5.02 Å². The number of hydrogen-bond donors (Lipinski definition) is 4. The molecule has 1 aliphatic rings. The Kier molecular flexibility index (Phi) is 7.79. The van der Waals surface area contributed by atoms with Gasteiger partial charge in [-0.3, -0.25) is 20.5 Å². The largest absolute Gasteiger partial charge is 0.475 e. The van der Waals surface area contributed by atoms with E-state index in [2.05, 4.69) is 9.68 Å². The average molecular weight is 445 g/mol. The standard InChI is InChI=1S/C15H16ClF3N2O8/c1-7-2-9(16)3-8-4-11(13(15(17,18)19)29-12(7)8)14(22)28-10(5-26-20-23)6-27-21(24)25/h2-4,10,13,20,23-25H,5-6H2,1H3/t10?,13-/m0/s1. The van der Waals surface area contributed by atoms with Crippen LogP contribution in [0, 0.1) is 6.92 Å². The molecule has 0 saturated carbocycles. The fourth-order valence-corrected chi connectivity index (χ4v) is 2.75. The number of aryl methyl sites for hydroxylation is 1. The van der Waals surface area contributed by atoms with Crippen LogP contribution in [-0.2, 0) is 19.2 Å². The van der Waals surface area contributed by atoms with Gasteiger partial charge in [0.2, 0.25) is 6.10 Å². The highest BCUT2D eigenvalue weighted by Crippen LogP contribution is 2.40. The van der Waals surface area contributed by atoms with Crippen molar-refractivity contribution in [3.8, 4) is 5.75 Å². The van der Waals surface area contributed by atoms with Crippen molar-refractivity contribution in [1.82, 2.24) is 11.0 Å². The molecule has 1 aliphatic heterocycles. The molecule has 4 N–H and O–H groups in total. The number of esters is 1. The van der Waals surface area contributed by atoms with Crippen molar-refractivity contribution in [2.75, 3.05) is 13.2 Å². The van der Waals surface area contributed by atoms with Crippen LogP contribution in [0.3, 0.4) is 0 Å². The van der Waals surface area contributed by atoms with Crippen LogP contribution in [0.25, 0.3) is 6.08 Å². The van der Waals surface area contributed by atoms with Crippen LogP contribution in [0.5, 0.6) is 5.75 Å². The highest BCUT2D eigenvalue weighted by Gasteiger charge is 2.49. The van der Waals surface area contributed by atoms with E-state index in [1.54, 1.807) is 0 Å². The number of fused-ring (bicyclic) bond motifs is 1. The molecule has 0 aromatic heterocycles. The average Bonchev–Trinajstić information content (AvgIpc) is 2.61. The minimum atomic E-state index is -4.95. The lowest BCUT2D eigenvalue weighted by atomic mass is 9.99. The lowest BCUT2D eigenvalue weighted by Crippen LogP contribution is -2.42. The fourth-order valence-electron chi connectivity index (χ4n) is 2.47. The van der Waals surface area contributed by atoms with Gasteiger partial charge in [-0.2, -0.15) is 13.2 Å². The predicted molar refractivity (Wildman–Crippen MR) is 86.8 cm³/mol. The van der Waals surface area contributed by atoms with Crippen LogP contribution in [0.4, 0.5) is 13.2 Å². The van der Waals surface area contributed by atoms with Crippen molar-refractivity contribution in [2.24, 2.45) is 0 Å². The Morgan fingerprint density at radius 2 is 2.07 bits per heavy atom. The van der Waals surface area contributed by atoms with Crippen molar-refractivity contribution in [2.45, 2.75) is 25.3 Å². The molecule has 0 spiro atoms. The minimum absolute atomic E-state index is 0.0859. The van der Waals surface area contributed by atoms with E-state index in [0.29, 0.717) is 5.56 Å². The highest BCUT2D eigenvalue weighted by molar-refractivity contribution is 6.30. The molecule has 162 valence electrons. The van der Waals surface area contributed by atoms with Gasteiger partial charge in [0.05, 0.1) is 11.0 Å². The molecule has 1 aromatic rings. The number of hydrogen-bond acceptors (Lipinski definition) is 10. The van der Waals surface area contributed by atoms with Crippen molar-refractivity contribution >= 4 is 23.6 Å². The summed E-state index contributed by atoms with van der Waals surface area (Å²) >= 11 is 5.91. The number of benzene rings is 1. The first-order valence-electron chi connectivity index (χ1n) is 7.80. The smallest absolute Gasteiger partial charge is 0.430 e. The van der Waals surface area contributed by atoms with E-state index in [1.807, 2.05) is 0 Å².